The van der Waals surface area contributed by atoms with E-state index in [1.54, 1.807) is 4.90 Å². The fraction of sp³-hybridized carbons (Fsp3) is 0.643. The van der Waals surface area contributed by atoms with Crippen LogP contribution in [-0.4, -0.2) is 40.0 Å². The Kier molecular flexibility index (Phi) is 4.75. The molecular formula is C14H20N2O3S. The number of carboxylic acids is 1. The molecule has 0 saturated carbocycles. The number of aliphatic carboxylic acids is 1. The number of aromatic nitrogens is 1. The molecule has 1 aromatic rings. The quantitative estimate of drug-likeness (QED) is 0.926. The first-order valence-corrected chi connectivity index (χ1v) is 7.83. The molecule has 20 heavy (non-hydrogen) atoms. The average Bonchev–Trinajstić information content (AvgIpc) is 2.79. The summed E-state index contributed by atoms with van der Waals surface area (Å²) in [4.78, 5) is 30.3. The Morgan fingerprint density at radius 1 is 1.50 bits per heavy atom. The van der Waals surface area contributed by atoms with Gasteiger partial charge in [-0.15, -0.1) is 11.3 Å². The molecule has 1 saturated heterocycles. The summed E-state index contributed by atoms with van der Waals surface area (Å²) in [6.07, 6.45) is 3.30. The van der Waals surface area contributed by atoms with E-state index in [0.717, 1.165) is 30.0 Å². The van der Waals surface area contributed by atoms with Gasteiger partial charge in [-0.2, -0.15) is 0 Å². The lowest BCUT2D eigenvalue weighted by molar-refractivity contribution is -0.143. The van der Waals surface area contributed by atoms with E-state index in [4.69, 9.17) is 5.11 Å². The fourth-order valence-electron chi connectivity index (χ4n) is 2.48. The molecule has 0 radical (unpaired) electrons. The normalized spacial score (nSPS) is 19.1. The molecule has 2 rings (SSSR count). The summed E-state index contributed by atoms with van der Waals surface area (Å²) in [7, 11) is 0. The van der Waals surface area contributed by atoms with Crippen molar-refractivity contribution < 1.29 is 14.7 Å². The van der Waals surface area contributed by atoms with Crippen molar-refractivity contribution >= 4 is 23.2 Å². The fourth-order valence-corrected chi connectivity index (χ4v) is 3.61. The molecule has 6 heteroatoms. The Hall–Kier alpha value is -1.43. The summed E-state index contributed by atoms with van der Waals surface area (Å²) >= 11 is 1.45. The molecular weight excluding hydrogens is 276 g/mol. The second kappa shape index (κ2) is 6.35. The van der Waals surface area contributed by atoms with E-state index in [-0.39, 0.29) is 5.91 Å². The average molecular weight is 296 g/mol. The molecule has 1 aliphatic rings. The SMILES string of the molecule is CCCc1nc(C)c(C(=O)N2CCCC(C(=O)O)C2)s1. The van der Waals surface area contributed by atoms with E-state index >= 15 is 0 Å². The van der Waals surface area contributed by atoms with Crippen molar-refractivity contribution in [2.75, 3.05) is 13.1 Å². The van der Waals surface area contributed by atoms with E-state index < -0.39 is 11.9 Å². The van der Waals surface area contributed by atoms with Crippen LogP contribution in [0.25, 0.3) is 0 Å². The summed E-state index contributed by atoms with van der Waals surface area (Å²) in [6.45, 7) is 4.89. The predicted molar refractivity (Wildman–Crippen MR) is 77.1 cm³/mol. The van der Waals surface area contributed by atoms with Gasteiger partial charge in [0.2, 0.25) is 0 Å². The van der Waals surface area contributed by atoms with Crippen LogP contribution in [0.5, 0.6) is 0 Å². The third-order valence-electron chi connectivity index (χ3n) is 3.56. The molecule has 1 unspecified atom stereocenters. The zero-order chi connectivity index (χ0) is 14.7. The molecule has 1 aromatic heterocycles. The minimum atomic E-state index is -0.810. The first-order valence-electron chi connectivity index (χ1n) is 7.01. The minimum absolute atomic E-state index is 0.0618. The van der Waals surface area contributed by atoms with E-state index in [0.29, 0.717) is 24.4 Å². The maximum absolute atomic E-state index is 12.5. The molecule has 5 nitrogen and oxygen atoms in total. The Bertz CT molecular complexity index is 513. The molecule has 1 fully saturated rings. The van der Waals surface area contributed by atoms with Crippen molar-refractivity contribution in [3.05, 3.63) is 15.6 Å². The maximum atomic E-state index is 12.5. The number of rotatable bonds is 4. The van der Waals surface area contributed by atoms with Crippen LogP contribution in [0, 0.1) is 12.8 Å². The van der Waals surface area contributed by atoms with E-state index in [1.807, 2.05) is 6.92 Å². The van der Waals surface area contributed by atoms with Gasteiger partial charge in [-0.1, -0.05) is 6.92 Å². The topological polar surface area (TPSA) is 70.5 Å². The van der Waals surface area contributed by atoms with Crippen LogP contribution in [0.4, 0.5) is 0 Å². The Morgan fingerprint density at radius 2 is 2.25 bits per heavy atom. The molecule has 1 aliphatic heterocycles. The number of carbonyl (C=O) groups excluding carboxylic acids is 1. The van der Waals surface area contributed by atoms with Crippen molar-refractivity contribution in [3.63, 3.8) is 0 Å². The van der Waals surface area contributed by atoms with Crippen molar-refractivity contribution in [2.45, 2.75) is 39.5 Å². The number of thiazole rings is 1. The van der Waals surface area contributed by atoms with Gasteiger partial charge in [0.1, 0.15) is 4.88 Å². The largest absolute Gasteiger partial charge is 0.481 e. The molecule has 1 atom stereocenters. The Labute approximate surface area is 122 Å². The number of carboxylic acid groups (broad SMARTS) is 1. The third-order valence-corrected chi connectivity index (χ3v) is 4.76. The second-order valence-corrected chi connectivity index (χ2v) is 6.28. The number of hydrogen-bond acceptors (Lipinski definition) is 4. The highest BCUT2D eigenvalue weighted by atomic mass is 32.1. The number of amides is 1. The highest BCUT2D eigenvalue weighted by molar-refractivity contribution is 7.13. The first-order chi connectivity index (χ1) is 9.52. The zero-order valence-electron chi connectivity index (χ0n) is 11.9. The minimum Gasteiger partial charge on any atom is -0.481 e. The highest BCUT2D eigenvalue weighted by Gasteiger charge is 2.30. The molecule has 0 bridgehead atoms. The van der Waals surface area contributed by atoms with Crippen LogP contribution in [0.3, 0.4) is 0 Å². The predicted octanol–water partition coefficient (Wildman–Crippen LogP) is 2.34. The van der Waals surface area contributed by atoms with Gasteiger partial charge in [0.15, 0.2) is 0 Å². The van der Waals surface area contributed by atoms with Gasteiger partial charge in [-0.3, -0.25) is 9.59 Å². The standard InChI is InChI=1S/C14H20N2O3S/c1-3-5-11-15-9(2)12(20-11)13(17)16-7-4-6-10(8-16)14(18)19/h10H,3-8H2,1-2H3,(H,18,19). The lowest BCUT2D eigenvalue weighted by Gasteiger charge is -2.30. The molecule has 1 N–H and O–H groups in total. The summed E-state index contributed by atoms with van der Waals surface area (Å²) in [6, 6.07) is 0. The van der Waals surface area contributed by atoms with Gasteiger partial charge in [0, 0.05) is 13.1 Å². The number of piperidine rings is 1. The van der Waals surface area contributed by atoms with Crippen molar-refractivity contribution in [3.8, 4) is 0 Å². The summed E-state index contributed by atoms with van der Waals surface area (Å²) < 4.78 is 0. The van der Waals surface area contributed by atoms with Gasteiger partial charge in [-0.25, -0.2) is 4.98 Å². The van der Waals surface area contributed by atoms with Gasteiger partial charge in [0.05, 0.1) is 16.6 Å². The number of hydrogen-bond donors (Lipinski definition) is 1. The van der Waals surface area contributed by atoms with Gasteiger partial charge in [-0.05, 0) is 32.6 Å². The second-order valence-electron chi connectivity index (χ2n) is 5.20. The molecule has 0 aliphatic carbocycles. The van der Waals surface area contributed by atoms with Crippen LogP contribution >= 0.6 is 11.3 Å². The third kappa shape index (κ3) is 3.17. The molecule has 0 spiro atoms. The highest BCUT2D eigenvalue weighted by Crippen LogP contribution is 2.24. The summed E-state index contributed by atoms with van der Waals surface area (Å²) in [5.41, 5.74) is 0.765. The van der Waals surface area contributed by atoms with Gasteiger partial charge >= 0.3 is 5.97 Å². The van der Waals surface area contributed by atoms with Crippen LogP contribution in [0.1, 0.15) is 46.6 Å². The van der Waals surface area contributed by atoms with Crippen molar-refractivity contribution in [2.24, 2.45) is 5.92 Å². The van der Waals surface area contributed by atoms with Crippen LogP contribution in [-0.2, 0) is 11.2 Å². The van der Waals surface area contributed by atoms with E-state index in [9.17, 15) is 9.59 Å². The van der Waals surface area contributed by atoms with Crippen LogP contribution in [0.15, 0.2) is 0 Å². The summed E-state index contributed by atoms with van der Waals surface area (Å²) in [5.74, 6) is -1.31. The summed E-state index contributed by atoms with van der Waals surface area (Å²) in [5, 5.41) is 10.1. The monoisotopic (exact) mass is 296 g/mol. The first kappa shape index (κ1) is 15.0. The van der Waals surface area contributed by atoms with E-state index in [1.165, 1.54) is 11.3 Å². The molecule has 0 aromatic carbocycles. The number of nitrogens with zero attached hydrogens (tertiary/aromatic N) is 2. The van der Waals surface area contributed by atoms with Gasteiger partial charge in [0.25, 0.3) is 5.91 Å². The lowest BCUT2D eigenvalue weighted by Crippen LogP contribution is -2.42. The number of likely N-dealkylation sites (tertiary alicyclic amines) is 1. The number of aryl methyl sites for hydroxylation is 2. The molecule has 110 valence electrons. The van der Waals surface area contributed by atoms with Crippen molar-refractivity contribution in [1.82, 2.24) is 9.88 Å². The van der Waals surface area contributed by atoms with Crippen molar-refractivity contribution in [1.29, 1.82) is 0 Å². The Balaban J connectivity index is 2.12. The van der Waals surface area contributed by atoms with E-state index in [2.05, 4.69) is 11.9 Å². The Morgan fingerprint density at radius 3 is 2.90 bits per heavy atom. The van der Waals surface area contributed by atoms with Gasteiger partial charge < -0.3 is 10.0 Å². The lowest BCUT2D eigenvalue weighted by atomic mass is 9.98. The van der Waals surface area contributed by atoms with Crippen LogP contribution in [0.2, 0.25) is 0 Å². The number of carbonyl (C=O) groups is 2. The van der Waals surface area contributed by atoms with Crippen LogP contribution < -0.4 is 0 Å². The maximum Gasteiger partial charge on any atom is 0.308 e. The molecule has 2 heterocycles. The molecule has 1 amide bonds. The zero-order valence-corrected chi connectivity index (χ0v) is 12.7. The smallest absolute Gasteiger partial charge is 0.308 e.